The number of nitro benzene ring substituents is 1. The number of rotatable bonds is 3. The minimum atomic E-state index is -0.470. The highest BCUT2D eigenvalue weighted by atomic mass is 35.5. The average molecular weight is 420 g/mol. The van der Waals surface area contributed by atoms with Crippen LogP contribution in [0.25, 0.3) is 10.9 Å². The number of piperazine rings is 1. The Bertz CT molecular complexity index is 1080. The van der Waals surface area contributed by atoms with Crippen LogP contribution in [0, 0.1) is 10.1 Å². The lowest BCUT2D eigenvalue weighted by molar-refractivity contribution is -0.384. The third-order valence-electron chi connectivity index (χ3n) is 4.76. The average Bonchev–Trinajstić information content (AvgIpc) is 3.11. The number of amides is 1. The molecule has 1 aliphatic heterocycles. The van der Waals surface area contributed by atoms with E-state index >= 15 is 0 Å². The lowest BCUT2D eigenvalue weighted by Crippen LogP contribution is -2.49. The molecule has 144 valence electrons. The van der Waals surface area contributed by atoms with Crippen LogP contribution in [-0.2, 0) is 0 Å². The minimum absolute atomic E-state index is 0.0468. The Hall–Kier alpha value is -2.84. The first-order valence-corrected chi connectivity index (χ1v) is 9.30. The fourth-order valence-electron chi connectivity index (χ4n) is 3.33. The van der Waals surface area contributed by atoms with Gasteiger partial charge in [-0.2, -0.15) is 0 Å². The van der Waals surface area contributed by atoms with Crippen molar-refractivity contribution in [3.8, 4) is 0 Å². The Balaban J connectivity index is 1.52. The van der Waals surface area contributed by atoms with Crippen LogP contribution in [0.2, 0.25) is 10.0 Å². The summed E-state index contributed by atoms with van der Waals surface area (Å²) in [6.07, 6.45) is 3.14. The van der Waals surface area contributed by atoms with Gasteiger partial charge in [-0.25, -0.2) is 4.98 Å². The Labute approximate surface area is 169 Å². The first-order valence-electron chi connectivity index (χ1n) is 8.55. The van der Waals surface area contributed by atoms with Crippen molar-refractivity contribution in [2.45, 2.75) is 0 Å². The van der Waals surface area contributed by atoms with Gasteiger partial charge in [0.1, 0.15) is 5.82 Å². The van der Waals surface area contributed by atoms with Crippen molar-refractivity contribution >= 4 is 51.5 Å². The van der Waals surface area contributed by atoms with Crippen LogP contribution < -0.4 is 4.90 Å². The molecule has 0 spiro atoms. The summed E-state index contributed by atoms with van der Waals surface area (Å²) in [6.45, 7) is 2.12. The summed E-state index contributed by atoms with van der Waals surface area (Å²) in [5, 5.41) is 12.5. The molecule has 1 saturated heterocycles. The van der Waals surface area contributed by atoms with E-state index in [1.807, 2.05) is 4.90 Å². The number of nitro groups is 1. The molecule has 0 aliphatic carbocycles. The minimum Gasteiger partial charge on any atom is -0.360 e. The molecule has 1 fully saturated rings. The Morgan fingerprint density at radius 3 is 2.61 bits per heavy atom. The number of aromatic amines is 1. The van der Waals surface area contributed by atoms with E-state index in [0.717, 1.165) is 0 Å². The molecule has 28 heavy (non-hydrogen) atoms. The van der Waals surface area contributed by atoms with Crippen LogP contribution in [0.3, 0.4) is 0 Å². The summed E-state index contributed by atoms with van der Waals surface area (Å²) in [7, 11) is 0. The van der Waals surface area contributed by atoms with E-state index in [9.17, 15) is 14.9 Å². The number of benzene rings is 1. The summed E-state index contributed by atoms with van der Waals surface area (Å²) in [4.78, 5) is 34.5. The number of halogens is 2. The number of aromatic nitrogens is 2. The van der Waals surface area contributed by atoms with Crippen molar-refractivity contribution in [2.75, 3.05) is 31.1 Å². The van der Waals surface area contributed by atoms with Crippen molar-refractivity contribution < 1.29 is 9.72 Å². The predicted molar refractivity (Wildman–Crippen MR) is 107 cm³/mol. The molecule has 1 amide bonds. The molecule has 0 radical (unpaired) electrons. The number of pyridine rings is 1. The van der Waals surface area contributed by atoms with Gasteiger partial charge in [-0.05, 0) is 12.1 Å². The molecule has 2 aromatic heterocycles. The largest absolute Gasteiger partial charge is 0.360 e. The van der Waals surface area contributed by atoms with E-state index in [0.29, 0.717) is 58.5 Å². The van der Waals surface area contributed by atoms with Crippen molar-refractivity contribution in [3.63, 3.8) is 0 Å². The highest BCUT2D eigenvalue weighted by Crippen LogP contribution is 2.28. The Morgan fingerprint density at radius 1 is 1.18 bits per heavy atom. The van der Waals surface area contributed by atoms with E-state index < -0.39 is 4.92 Å². The first-order chi connectivity index (χ1) is 13.4. The molecule has 8 nitrogen and oxygen atoms in total. The second-order valence-corrected chi connectivity index (χ2v) is 7.27. The fraction of sp³-hybridized carbons (Fsp3) is 0.222. The van der Waals surface area contributed by atoms with Crippen LogP contribution in [0.15, 0.2) is 36.7 Å². The van der Waals surface area contributed by atoms with Gasteiger partial charge in [0.2, 0.25) is 0 Å². The van der Waals surface area contributed by atoms with Crippen LogP contribution >= 0.6 is 23.2 Å². The molecule has 1 N–H and O–H groups in total. The van der Waals surface area contributed by atoms with E-state index in [1.54, 1.807) is 29.4 Å². The van der Waals surface area contributed by atoms with Gasteiger partial charge in [-0.15, -0.1) is 0 Å². The number of non-ortho nitro benzene ring substituents is 1. The summed E-state index contributed by atoms with van der Waals surface area (Å²) in [5.74, 6) is 0.474. The van der Waals surface area contributed by atoms with Gasteiger partial charge >= 0.3 is 0 Å². The van der Waals surface area contributed by atoms with E-state index in [-0.39, 0.29) is 11.6 Å². The van der Waals surface area contributed by atoms with Crippen LogP contribution in [-0.4, -0.2) is 51.9 Å². The van der Waals surface area contributed by atoms with Gasteiger partial charge < -0.3 is 14.8 Å². The number of nitrogens with one attached hydrogen (secondary N) is 1. The molecule has 3 aromatic rings. The van der Waals surface area contributed by atoms with E-state index in [2.05, 4.69) is 9.97 Å². The molecule has 3 heterocycles. The lowest BCUT2D eigenvalue weighted by atomic mass is 10.1. The molecule has 0 atom stereocenters. The van der Waals surface area contributed by atoms with Gasteiger partial charge in [-0.3, -0.25) is 14.9 Å². The number of hydrogen-bond acceptors (Lipinski definition) is 5. The van der Waals surface area contributed by atoms with Gasteiger partial charge in [0.15, 0.2) is 0 Å². The predicted octanol–water partition coefficient (Wildman–Crippen LogP) is 3.74. The van der Waals surface area contributed by atoms with Crippen molar-refractivity contribution in [2.24, 2.45) is 0 Å². The molecule has 1 aliphatic rings. The number of carbonyl (C=O) groups excluding carboxylic acids is 1. The molecular weight excluding hydrogens is 405 g/mol. The number of H-pyrrole nitrogens is 1. The second kappa shape index (κ2) is 7.29. The van der Waals surface area contributed by atoms with Crippen molar-refractivity contribution in [1.29, 1.82) is 0 Å². The highest BCUT2D eigenvalue weighted by Gasteiger charge is 2.26. The highest BCUT2D eigenvalue weighted by molar-refractivity contribution is 6.36. The van der Waals surface area contributed by atoms with Gasteiger partial charge in [0.25, 0.3) is 11.6 Å². The molecule has 1 aromatic carbocycles. The third kappa shape index (κ3) is 3.36. The zero-order valence-corrected chi connectivity index (χ0v) is 16.1. The van der Waals surface area contributed by atoms with E-state index in [4.69, 9.17) is 23.2 Å². The topological polar surface area (TPSA) is 95.4 Å². The maximum Gasteiger partial charge on any atom is 0.270 e. The number of hydrogen-bond donors (Lipinski definition) is 1. The molecule has 4 rings (SSSR count). The maximum atomic E-state index is 13.0. The molecule has 0 bridgehead atoms. The van der Waals surface area contributed by atoms with Gasteiger partial charge in [-0.1, -0.05) is 23.2 Å². The molecule has 0 unspecified atom stereocenters. The Kier molecular flexibility index (Phi) is 4.82. The first kappa shape index (κ1) is 18.5. The number of fused-ring (bicyclic) bond motifs is 1. The van der Waals surface area contributed by atoms with Gasteiger partial charge in [0, 0.05) is 61.6 Å². The standard InChI is InChI=1S/C18H15Cl2N5O3/c19-11-7-15(20)17(22-9-11)23-3-5-24(6-4-23)18(26)14-10-21-16-2-1-12(25(27)28)8-13(14)16/h1-2,7-10,21H,3-6H2. The summed E-state index contributed by atoms with van der Waals surface area (Å²) in [6, 6.07) is 6.08. The SMILES string of the molecule is O=C(c1c[nH]c2ccc([N+](=O)[O-])cc12)N1CCN(c2ncc(Cl)cc2Cl)CC1. The molecular formula is C18H15Cl2N5O3. The maximum absolute atomic E-state index is 13.0. The smallest absolute Gasteiger partial charge is 0.270 e. The number of carbonyl (C=O) groups is 1. The summed E-state index contributed by atoms with van der Waals surface area (Å²) in [5.41, 5.74) is 1.06. The fourth-order valence-corrected chi connectivity index (χ4v) is 3.83. The summed E-state index contributed by atoms with van der Waals surface area (Å²) >= 11 is 12.1. The van der Waals surface area contributed by atoms with Crippen LogP contribution in [0.5, 0.6) is 0 Å². The van der Waals surface area contributed by atoms with Crippen LogP contribution in [0.4, 0.5) is 11.5 Å². The summed E-state index contributed by atoms with van der Waals surface area (Å²) < 4.78 is 0. The third-order valence-corrected chi connectivity index (χ3v) is 5.25. The van der Waals surface area contributed by atoms with E-state index in [1.165, 1.54) is 12.1 Å². The second-order valence-electron chi connectivity index (χ2n) is 6.43. The molecule has 10 heteroatoms. The van der Waals surface area contributed by atoms with Crippen LogP contribution in [0.1, 0.15) is 10.4 Å². The Morgan fingerprint density at radius 2 is 1.93 bits per heavy atom. The number of nitrogens with zero attached hydrogens (tertiary/aromatic N) is 4. The zero-order chi connectivity index (χ0) is 19.8. The number of anilines is 1. The lowest BCUT2D eigenvalue weighted by Gasteiger charge is -2.35. The quantitative estimate of drug-likeness (QED) is 0.515. The van der Waals surface area contributed by atoms with Crippen molar-refractivity contribution in [1.82, 2.24) is 14.9 Å². The normalized spacial score (nSPS) is 14.5. The van der Waals surface area contributed by atoms with Crippen molar-refractivity contribution in [3.05, 3.63) is 62.4 Å². The van der Waals surface area contributed by atoms with Gasteiger partial charge in [0.05, 0.1) is 20.5 Å². The zero-order valence-electron chi connectivity index (χ0n) is 14.6. The molecule has 0 saturated carbocycles. The monoisotopic (exact) mass is 419 g/mol.